The summed E-state index contributed by atoms with van der Waals surface area (Å²) in [6.45, 7) is 0. The van der Waals surface area contributed by atoms with E-state index in [1.807, 2.05) is 12.2 Å². The Kier molecular flexibility index (Phi) is 4.21. The topological polar surface area (TPSA) is 92.8 Å². The first-order valence-corrected chi connectivity index (χ1v) is 11.2. The number of ether oxygens (including phenoxy) is 1. The van der Waals surface area contributed by atoms with E-state index in [-0.39, 0.29) is 40.4 Å². The summed E-state index contributed by atoms with van der Waals surface area (Å²) >= 11 is 0. The molecule has 1 saturated carbocycles. The van der Waals surface area contributed by atoms with Gasteiger partial charge in [-0.1, -0.05) is 18.2 Å². The lowest BCUT2D eigenvalue weighted by molar-refractivity contribution is -0.123. The van der Waals surface area contributed by atoms with E-state index in [2.05, 4.69) is 4.72 Å². The minimum atomic E-state index is -3.83. The predicted octanol–water partition coefficient (Wildman–Crippen LogP) is 2.81. The molecule has 0 unspecified atom stereocenters. The molecule has 8 heteroatoms. The van der Waals surface area contributed by atoms with E-state index in [0.29, 0.717) is 17.1 Å². The van der Waals surface area contributed by atoms with Gasteiger partial charge in [0.15, 0.2) is 0 Å². The van der Waals surface area contributed by atoms with Crippen LogP contribution in [-0.4, -0.2) is 27.3 Å². The first-order valence-electron chi connectivity index (χ1n) is 9.72. The lowest BCUT2D eigenvalue weighted by Crippen LogP contribution is -2.32. The SMILES string of the molecule is COc1cccc(NS(=O)(=O)c2ccc(N3C(=O)[C@@H]4[C@H](C3=O)[C@@H]3C=C[C@H]4C3)cc2)c1. The smallest absolute Gasteiger partial charge is 0.261 e. The first kappa shape index (κ1) is 18.9. The maximum absolute atomic E-state index is 12.9. The van der Waals surface area contributed by atoms with E-state index in [1.54, 1.807) is 24.3 Å². The molecular formula is C22H20N2O5S. The third-order valence-electron chi connectivity index (χ3n) is 6.20. The quantitative estimate of drug-likeness (QED) is 0.589. The van der Waals surface area contributed by atoms with Crippen molar-refractivity contribution in [1.29, 1.82) is 0 Å². The van der Waals surface area contributed by atoms with Gasteiger partial charge in [0.25, 0.3) is 10.0 Å². The monoisotopic (exact) mass is 424 g/mol. The van der Waals surface area contributed by atoms with Crippen molar-refractivity contribution in [1.82, 2.24) is 0 Å². The molecular weight excluding hydrogens is 404 g/mol. The molecule has 5 rings (SSSR count). The predicted molar refractivity (Wildman–Crippen MR) is 110 cm³/mol. The van der Waals surface area contributed by atoms with Crippen molar-refractivity contribution in [3.05, 3.63) is 60.7 Å². The molecule has 3 aliphatic rings. The van der Waals surface area contributed by atoms with E-state index >= 15 is 0 Å². The molecule has 2 bridgehead atoms. The van der Waals surface area contributed by atoms with E-state index in [0.717, 1.165) is 6.42 Å². The van der Waals surface area contributed by atoms with Crippen LogP contribution in [0.5, 0.6) is 5.75 Å². The van der Waals surface area contributed by atoms with Crippen LogP contribution in [0.1, 0.15) is 6.42 Å². The molecule has 0 spiro atoms. The number of anilines is 2. The Morgan fingerprint density at radius 1 is 0.967 bits per heavy atom. The van der Waals surface area contributed by atoms with Gasteiger partial charge in [-0.15, -0.1) is 0 Å². The maximum Gasteiger partial charge on any atom is 0.261 e. The average Bonchev–Trinajstić information content (AvgIpc) is 3.42. The number of methoxy groups -OCH3 is 1. The van der Waals surface area contributed by atoms with E-state index < -0.39 is 10.0 Å². The van der Waals surface area contributed by atoms with Crippen molar-refractivity contribution >= 4 is 33.2 Å². The summed E-state index contributed by atoms with van der Waals surface area (Å²) < 4.78 is 33.0. The van der Waals surface area contributed by atoms with Gasteiger partial charge in [0, 0.05) is 6.07 Å². The lowest BCUT2D eigenvalue weighted by Gasteiger charge is -2.17. The van der Waals surface area contributed by atoms with Gasteiger partial charge in [0.05, 0.1) is 35.2 Å². The van der Waals surface area contributed by atoms with Crippen LogP contribution in [0.2, 0.25) is 0 Å². The number of carbonyl (C=O) groups excluding carboxylic acids is 2. The number of nitrogens with one attached hydrogen (secondary N) is 1. The molecule has 0 radical (unpaired) electrons. The van der Waals surface area contributed by atoms with Gasteiger partial charge < -0.3 is 4.74 Å². The molecule has 2 amide bonds. The second kappa shape index (κ2) is 6.70. The fourth-order valence-corrected chi connectivity index (χ4v) is 5.88. The number of sulfonamides is 1. The number of fused-ring (bicyclic) bond motifs is 5. The fraction of sp³-hybridized carbons (Fsp3) is 0.273. The van der Waals surface area contributed by atoms with Crippen molar-refractivity contribution in [2.45, 2.75) is 11.3 Å². The number of benzene rings is 2. The maximum atomic E-state index is 12.9. The van der Waals surface area contributed by atoms with Crippen LogP contribution >= 0.6 is 0 Å². The molecule has 2 aromatic carbocycles. The van der Waals surface area contributed by atoms with Gasteiger partial charge in [-0.2, -0.15) is 0 Å². The van der Waals surface area contributed by atoms with Crippen molar-refractivity contribution < 1.29 is 22.7 Å². The third kappa shape index (κ3) is 2.82. The summed E-state index contributed by atoms with van der Waals surface area (Å²) in [6, 6.07) is 12.4. The first-order chi connectivity index (χ1) is 14.4. The van der Waals surface area contributed by atoms with Crippen LogP contribution in [0.3, 0.4) is 0 Å². The zero-order valence-corrected chi connectivity index (χ0v) is 17.0. The Morgan fingerprint density at radius 3 is 2.20 bits per heavy atom. The number of rotatable bonds is 5. The normalized spacial score (nSPS) is 26.9. The van der Waals surface area contributed by atoms with Gasteiger partial charge in [0.1, 0.15) is 5.75 Å². The van der Waals surface area contributed by atoms with Gasteiger partial charge in [-0.25, -0.2) is 8.42 Å². The highest BCUT2D eigenvalue weighted by atomic mass is 32.2. The van der Waals surface area contributed by atoms with E-state index in [9.17, 15) is 18.0 Å². The van der Waals surface area contributed by atoms with Crippen molar-refractivity contribution in [2.24, 2.45) is 23.7 Å². The van der Waals surface area contributed by atoms with E-state index in [1.165, 1.54) is 36.3 Å². The number of allylic oxidation sites excluding steroid dienone is 2. The van der Waals surface area contributed by atoms with Gasteiger partial charge >= 0.3 is 0 Å². The largest absolute Gasteiger partial charge is 0.497 e. The van der Waals surface area contributed by atoms with Crippen LogP contribution in [0.15, 0.2) is 65.6 Å². The summed E-state index contributed by atoms with van der Waals surface area (Å²) in [5.41, 5.74) is 0.776. The van der Waals surface area contributed by atoms with Crippen molar-refractivity contribution in [2.75, 3.05) is 16.7 Å². The Balaban J connectivity index is 1.38. The fourth-order valence-electron chi connectivity index (χ4n) is 4.83. The minimum Gasteiger partial charge on any atom is -0.497 e. The lowest BCUT2D eigenvalue weighted by atomic mass is 9.85. The van der Waals surface area contributed by atoms with Crippen LogP contribution in [0.25, 0.3) is 0 Å². The Morgan fingerprint density at radius 2 is 1.60 bits per heavy atom. The molecule has 2 fully saturated rings. The average molecular weight is 424 g/mol. The number of hydrogen-bond donors (Lipinski definition) is 1. The molecule has 2 aromatic rings. The number of imide groups is 1. The van der Waals surface area contributed by atoms with Gasteiger partial charge in [0.2, 0.25) is 11.8 Å². The summed E-state index contributed by atoms with van der Waals surface area (Å²) in [6.07, 6.45) is 4.95. The zero-order valence-electron chi connectivity index (χ0n) is 16.2. The second-order valence-electron chi connectivity index (χ2n) is 7.84. The zero-order chi connectivity index (χ0) is 21.0. The van der Waals surface area contributed by atoms with Crippen LogP contribution < -0.4 is 14.4 Å². The second-order valence-corrected chi connectivity index (χ2v) is 9.53. The summed E-state index contributed by atoms with van der Waals surface area (Å²) in [5.74, 6) is -0.151. The summed E-state index contributed by atoms with van der Waals surface area (Å²) in [5, 5.41) is 0. The molecule has 154 valence electrons. The Bertz CT molecular complexity index is 1140. The highest BCUT2D eigenvalue weighted by Gasteiger charge is 2.59. The van der Waals surface area contributed by atoms with Crippen LogP contribution in [0.4, 0.5) is 11.4 Å². The summed E-state index contributed by atoms with van der Waals surface area (Å²) in [7, 11) is -2.33. The van der Waals surface area contributed by atoms with Gasteiger partial charge in [-0.05, 0) is 54.7 Å². The Labute approximate surface area is 174 Å². The minimum absolute atomic E-state index is 0.0371. The van der Waals surface area contributed by atoms with Gasteiger partial charge in [-0.3, -0.25) is 19.2 Å². The van der Waals surface area contributed by atoms with Crippen molar-refractivity contribution in [3.8, 4) is 5.75 Å². The molecule has 7 nitrogen and oxygen atoms in total. The molecule has 1 heterocycles. The number of hydrogen-bond acceptors (Lipinski definition) is 5. The molecule has 30 heavy (non-hydrogen) atoms. The van der Waals surface area contributed by atoms with Crippen LogP contribution in [0, 0.1) is 23.7 Å². The molecule has 1 saturated heterocycles. The molecule has 4 atom stereocenters. The highest BCUT2D eigenvalue weighted by Crippen LogP contribution is 2.53. The number of nitrogens with zero attached hydrogens (tertiary/aromatic N) is 1. The molecule has 2 aliphatic carbocycles. The van der Waals surface area contributed by atoms with Crippen molar-refractivity contribution in [3.63, 3.8) is 0 Å². The van der Waals surface area contributed by atoms with Crippen LogP contribution in [-0.2, 0) is 19.6 Å². The number of carbonyl (C=O) groups is 2. The third-order valence-corrected chi connectivity index (χ3v) is 7.59. The molecule has 0 aromatic heterocycles. The molecule has 1 aliphatic heterocycles. The molecule has 1 N–H and O–H groups in total. The number of amides is 2. The summed E-state index contributed by atoms with van der Waals surface area (Å²) in [4.78, 5) is 27.1. The Hall–Kier alpha value is -3.13. The standard InChI is InChI=1S/C22H20N2O5S/c1-29-17-4-2-3-15(12-17)23-30(27,28)18-9-7-16(8-10-18)24-21(25)19-13-5-6-14(11-13)20(19)22(24)26/h2-10,12-14,19-20,23H,11H2,1H3/t13-,14+,19-,20+. The van der Waals surface area contributed by atoms with E-state index in [4.69, 9.17) is 4.74 Å². The highest BCUT2D eigenvalue weighted by molar-refractivity contribution is 7.92.